The van der Waals surface area contributed by atoms with Crippen LogP contribution in [0.5, 0.6) is 0 Å². The van der Waals surface area contributed by atoms with Gasteiger partial charge in [0.05, 0.1) is 0 Å². The Balaban J connectivity index is 2.39. The highest BCUT2D eigenvalue weighted by molar-refractivity contribution is 6.44. The summed E-state index contributed by atoms with van der Waals surface area (Å²) in [5.41, 5.74) is 3.33. The molecule has 2 radical (unpaired) electrons. The van der Waals surface area contributed by atoms with Crippen LogP contribution in [0, 0.1) is 0 Å². The van der Waals surface area contributed by atoms with Crippen molar-refractivity contribution in [3.05, 3.63) is 41.6 Å². The Labute approximate surface area is 100 Å². The Hall–Kier alpha value is -0.903. The van der Waals surface area contributed by atoms with Crippen molar-refractivity contribution in [3.63, 3.8) is 0 Å². The maximum atomic E-state index is 5.46. The van der Waals surface area contributed by atoms with E-state index in [0.29, 0.717) is 22.7 Å². The zero-order valence-corrected chi connectivity index (χ0v) is 10.8. The summed E-state index contributed by atoms with van der Waals surface area (Å²) in [4.78, 5) is 0. The van der Waals surface area contributed by atoms with E-state index in [1.165, 1.54) is 5.56 Å². The summed E-state index contributed by atoms with van der Waals surface area (Å²) >= 11 is 0. The molecular formula is C13H18O2Si. The van der Waals surface area contributed by atoms with E-state index in [4.69, 9.17) is 9.47 Å². The van der Waals surface area contributed by atoms with E-state index in [9.17, 15) is 0 Å². The first-order valence-corrected chi connectivity index (χ1v) is 6.73. The third-order valence-corrected chi connectivity index (χ3v) is 2.91. The summed E-state index contributed by atoms with van der Waals surface area (Å²) in [5.74, 6) is -0.0880. The van der Waals surface area contributed by atoms with Gasteiger partial charge >= 0.3 is 0 Å². The molecule has 0 amide bonds. The molecule has 0 unspecified atom stereocenters. The molecule has 86 valence electrons. The molecule has 1 aromatic rings. The van der Waals surface area contributed by atoms with Gasteiger partial charge in [0.2, 0.25) is 0 Å². The molecule has 0 atom stereocenters. The standard InChI is InChI=1S/C13H18O2Si/c1-3-14-13(15-4-2)16-11-10-12-8-6-5-7-9-12/h5-11,13H,3-4H2,1-2H3. The summed E-state index contributed by atoms with van der Waals surface area (Å²) < 4.78 is 10.9. The highest BCUT2D eigenvalue weighted by Gasteiger charge is 2.05. The second kappa shape index (κ2) is 8.27. The van der Waals surface area contributed by atoms with Crippen LogP contribution in [0.25, 0.3) is 6.08 Å². The molecule has 1 aromatic carbocycles. The number of ether oxygens (including phenoxy) is 2. The van der Waals surface area contributed by atoms with Gasteiger partial charge in [0.25, 0.3) is 0 Å². The van der Waals surface area contributed by atoms with Gasteiger partial charge in [-0.25, -0.2) is 0 Å². The molecule has 0 aromatic heterocycles. The van der Waals surface area contributed by atoms with Crippen molar-refractivity contribution in [2.24, 2.45) is 0 Å². The monoisotopic (exact) mass is 234 g/mol. The molecule has 0 fully saturated rings. The van der Waals surface area contributed by atoms with Gasteiger partial charge in [-0.05, 0) is 19.4 Å². The maximum absolute atomic E-state index is 5.46. The quantitative estimate of drug-likeness (QED) is 0.533. The molecule has 16 heavy (non-hydrogen) atoms. The Morgan fingerprint density at radius 2 is 1.75 bits per heavy atom. The Kier molecular flexibility index (Phi) is 6.81. The summed E-state index contributed by atoms with van der Waals surface area (Å²) in [6.45, 7) is 5.35. The molecule has 0 bridgehead atoms. The Morgan fingerprint density at radius 3 is 2.31 bits per heavy atom. The molecule has 0 N–H and O–H groups in total. The van der Waals surface area contributed by atoms with Crippen molar-refractivity contribution in [2.75, 3.05) is 13.2 Å². The molecule has 0 aliphatic rings. The average molecular weight is 234 g/mol. The molecule has 2 nitrogen and oxygen atoms in total. The lowest BCUT2D eigenvalue weighted by atomic mass is 10.2. The van der Waals surface area contributed by atoms with Crippen LogP contribution >= 0.6 is 0 Å². The number of hydrogen-bond donors (Lipinski definition) is 0. The lowest BCUT2D eigenvalue weighted by Gasteiger charge is -2.13. The zero-order chi connectivity index (χ0) is 11.6. The molecule has 0 saturated carbocycles. The Morgan fingerprint density at radius 1 is 1.12 bits per heavy atom. The van der Waals surface area contributed by atoms with E-state index >= 15 is 0 Å². The molecule has 0 aliphatic heterocycles. The van der Waals surface area contributed by atoms with Gasteiger partial charge in [0.1, 0.15) is 15.4 Å². The molecular weight excluding hydrogens is 216 g/mol. The van der Waals surface area contributed by atoms with Gasteiger partial charge < -0.3 is 9.47 Å². The second-order valence-electron chi connectivity index (χ2n) is 3.15. The first-order chi connectivity index (χ1) is 7.86. The maximum Gasteiger partial charge on any atom is 0.147 e. The van der Waals surface area contributed by atoms with E-state index in [1.807, 2.05) is 32.0 Å². The molecule has 3 heteroatoms. The van der Waals surface area contributed by atoms with Crippen LogP contribution in [0.15, 0.2) is 36.0 Å². The molecule has 0 heterocycles. The normalized spacial score (nSPS) is 11.4. The van der Waals surface area contributed by atoms with E-state index in [1.54, 1.807) is 0 Å². The van der Waals surface area contributed by atoms with Crippen LogP contribution in [-0.4, -0.2) is 28.6 Å². The predicted octanol–water partition coefficient (Wildman–Crippen LogP) is 2.72. The van der Waals surface area contributed by atoms with Gasteiger partial charge in [-0.2, -0.15) is 0 Å². The summed E-state index contributed by atoms with van der Waals surface area (Å²) in [7, 11) is 0.538. The van der Waals surface area contributed by atoms with Gasteiger partial charge in [-0.15, -0.1) is 0 Å². The van der Waals surface area contributed by atoms with E-state index in [2.05, 4.69) is 23.9 Å². The lowest BCUT2D eigenvalue weighted by molar-refractivity contribution is -0.0818. The minimum absolute atomic E-state index is 0.0880. The third kappa shape index (κ3) is 5.26. The van der Waals surface area contributed by atoms with E-state index < -0.39 is 0 Å². The van der Waals surface area contributed by atoms with Gasteiger partial charge in [0, 0.05) is 13.2 Å². The van der Waals surface area contributed by atoms with Crippen molar-refractivity contribution in [1.29, 1.82) is 0 Å². The average Bonchev–Trinajstić information content (AvgIpc) is 2.31. The zero-order valence-electron chi connectivity index (χ0n) is 9.85. The van der Waals surface area contributed by atoms with E-state index in [0.717, 1.165) is 0 Å². The van der Waals surface area contributed by atoms with Gasteiger partial charge in [0.15, 0.2) is 0 Å². The first kappa shape index (κ1) is 13.2. The molecule has 0 aliphatic carbocycles. The number of rotatable bonds is 7. The largest absolute Gasteiger partial charge is 0.357 e. The fourth-order valence-electron chi connectivity index (χ4n) is 1.23. The van der Waals surface area contributed by atoms with Crippen molar-refractivity contribution < 1.29 is 9.47 Å². The molecule has 1 rings (SSSR count). The van der Waals surface area contributed by atoms with Crippen LogP contribution in [0.2, 0.25) is 0 Å². The summed E-state index contributed by atoms with van der Waals surface area (Å²) in [6, 6.07) is 10.2. The SMILES string of the molecule is CCOC(OCC)[Si]C=Cc1ccccc1. The highest BCUT2D eigenvalue weighted by atomic mass is 28.2. The molecule has 0 saturated heterocycles. The summed E-state index contributed by atoms with van der Waals surface area (Å²) in [6.07, 6.45) is 2.10. The first-order valence-electron chi connectivity index (χ1n) is 5.57. The minimum Gasteiger partial charge on any atom is -0.357 e. The van der Waals surface area contributed by atoms with Crippen LogP contribution in [-0.2, 0) is 9.47 Å². The third-order valence-electron chi connectivity index (χ3n) is 1.94. The molecule has 0 spiro atoms. The highest BCUT2D eigenvalue weighted by Crippen LogP contribution is 2.01. The van der Waals surface area contributed by atoms with Crippen LogP contribution < -0.4 is 0 Å². The smallest absolute Gasteiger partial charge is 0.147 e. The number of hydrogen-bond acceptors (Lipinski definition) is 2. The fourth-order valence-corrected chi connectivity index (χ4v) is 2.21. The second-order valence-corrected chi connectivity index (χ2v) is 4.29. The number of benzene rings is 1. The van der Waals surface area contributed by atoms with Crippen LogP contribution in [0.3, 0.4) is 0 Å². The fraction of sp³-hybridized carbons (Fsp3) is 0.385. The minimum atomic E-state index is -0.0880. The topological polar surface area (TPSA) is 18.5 Å². The van der Waals surface area contributed by atoms with Crippen molar-refractivity contribution in [1.82, 2.24) is 0 Å². The van der Waals surface area contributed by atoms with Gasteiger partial charge in [-0.3, -0.25) is 0 Å². The lowest BCUT2D eigenvalue weighted by Crippen LogP contribution is -2.23. The van der Waals surface area contributed by atoms with Crippen molar-refractivity contribution >= 4 is 15.6 Å². The van der Waals surface area contributed by atoms with Crippen molar-refractivity contribution in [3.8, 4) is 0 Å². The predicted molar refractivity (Wildman–Crippen MR) is 68.3 cm³/mol. The Bertz CT molecular complexity index is 292. The van der Waals surface area contributed by atoms with Crippen molar-refractivity contribution in [2.45, 2.75) is 19.8 Å². The summed E-state index contributed by atoms with van der Waals surface area (Å²) in [5, 5.41) is 0. The van der Waals surface area contributed by atoms with Gasteiger partial charge in [-0.1, -0.05) is 42.1 Å². The van der Waals surface area contributed by atoms with E-state index in [-0.39, 0.29) is 5.91 Å². The van der Waals surface area contributed by atoms with Crippen LogP contribution in [0.1, 0.15) is 19.4 Å². The van der Waals surface area contributed by atoms with Crippen LogP contribution in [0.4, 0.5) is 0 Å².